The number of rotatable bonds is 2. The number of fused-ring (bicyclic) bond motifs is 3. The summed E-state index contributed by atoms with van der Waals surface area (Å²) in [4.78, 5) is 13.2. The van der Waals surface area contributed by atoms with Crippen LogP contribution in [0.25, 0.3) is 33.6 Å². The summed E-state index contributed by atoms with van der Waals surface area (Å²) >= 11 is 0. The van der Waals surface area contributed by atoms with Gasteiger partial charge in [0.15, 0.2) is 11.2 Å². The topological polar surface area (TPSA) is 90.2 Å². The smallest absolute Gasteiger partial charge is 0.281 e. The number of hydrogen-bond acceptors (Lipinski definition) is 5. The van der Waals surface area contributed by atoms with Gasteiger partial charge in [0.05, 0.1) is 16.8 Å². The van der Waals surface area contributed by atoms with Gasteiger partial charge in [-0.25, -0.2) is 9.20 Å². The number of phenolic OH excluding ortho intramolecular Hbond substituents is 1. The maximum absolute atomic E-state index is 13.2. The SMILES string of the molecule is Cc1c(-c2cc3nnc4c(O)cccc4n3n2)c(=O)n(-c2ccccc2)n1C. The second-order valence-corrected chi connectivity index (χ2v) is 6.58. The molecule has 8 nitrogen and oxygen atoms in total. The van der Waals surface area contributed by atoms with E-state index < -0.39 is 0 Å². The third-order valence-electron chi connectivity index (χ3n) is 4.97. The summed E-state index contributed by atoms with van der Waals surface area (Å²) in [6, 6.07) is 16.3. The van der Waals surface area contributed by atoms with Crippen LogP contribution >= 0.6 is 0 Å². The number of benzene rings is 2. The summed E-state index contributed by atoms with van der Waals surface area (Å²) in [6.07, 6.45) is 0. The van der Waals surface area contributed by atoms with Crippen LogP contribution in [0.3, 0.4) is 0 Å². The van der Waals surface area contributed by atoms with Gasteiger partial charge in [-0.15, -0.1) is 10.2 Å². The summed E-state index contributed by atoms with van der Waals surface area (Å²) < 4.78 is 5.02. The fraction of sp³-hybridized carbons (Fsp3) is 0.100. The molecule has 0 atom stereocenters. The van der Waals surface area contributed by atoms with Gasteiger partial charge in [-0.05, 0) is 31.2 Å². The van der Waals surface area contributed by atoms with E-state index in [9.17, 15) is 9.90 Å². The Labute approximate surface area is 158 Å². The van der Waals surface area contributed by atoms with E-state index >= 15 is 0 Å². The van der Waals surface area contributed by atoms with Crippen LogP contribution in [-0.2, 0) is 7.05 Å². The van der Waals surface area contributed by atoms with Crippen molar-refractivity contribution in [2.24, 2.45) is 7.05 Å². The lowest BCUT2D eigenvalue weighted by Crippen LogP contribution is -2.20. The van der Waals surface area contributed by atoms with Crippen LogP contribution < -0.4 is 5.56 Å². The Morgan fingerprint density at radius 2 is 1.79 bits per heavy atom. The zero-order chi connectivity index (χ0) is 19.4. The number of nitrogens with zero attached hydrogens (tertiary/aromatic N) is 6. The van der Waals surface area contributed by atoms with Crippen LogP contribution in [0.15, 0.2) is 59.4 Å². The Morgan fingerprint density at radius 3 is 2.57 bits per heavy atom. The number of para-hydroxylation sites is 1. The van der Waals surface area contributed by atoms with Crippen molar-refractivity contribution in [1.82, 2.24) is 29.2 Å². The molecule has 1 N–H and O–H groups in total. The summed E-state index contributed by atoms with van der Waals surface area (Å²) in [5.74, 6) is 0.0336. The average Bonchev–Trinajstić information content (AvgIpc) is 3.22. The van der Waals surface area contributed by atoms with Gasteiger partial charge in [-0.1, -0.05) is 24.3 Å². The van der Waals surface area contributed by atoms with E-state index in [4.69, 9.17) is 0 Å². The third kappa shape index (κ3) is 2.18. The fourth-order valence-electron chi connectivity index (χ4n) is 3.50. The monoisotopic (exact) mass is 372 g/mol. The van der Waals surface area contributed by atoms with E-state index in [0.29, 0.717) is 27.9 Å². The van der Waals surface area contributed by atoms with Gasteiger partial charge in [0.2, 0.25) is 0 Å². The van der Waals surface area contributed by atoms with Gasteiger partial charge in [-0.3, -0.25) is 9.48 Å². The molecule has 28 heavy (non-hydrogen) atoms. The molecule has 5 aromatic rings. The molecule has 2 aromatic carbocycles. The number of aromatic hydroxyl groups is 1. The summed E-state index contributed by atoms with van der Waals surface area (Å²) in [7, 11) is 1.84. The second kappa shape index (κ2) is 5.78. The first-order valence-corrected chi connectivity index (χ1v) is 8.75. The molecule has 0 amide bonds. The molecule has 3 aromatic heterocycles. The molecule has 0 saturated carbocycles. The predicted octanol–water partition coefficient (Wildman–Crippen LogP) is 2.45. The van der Waals surface area contributed by atoms with Crippen LogP contribution in [0.2, 0.25) is 0 Å². The Balaban J connectivity index is 1.79. The normalized spacial score (nSPS) is 11.5. The maximum Gasteiger partial charge on any atom is 0.281 e. The lowest BCUT2D eigenvalue weighted by atomic mass is 10.2. The van der Waals surface area contributed by atoms with Crippen molar-refractivity contribution >= 4 is 16.7 Å². The molecular formula is C20H16N6O2. The molecule has 8 heteroatoms. The first-order valence-electron chi connectivity index (χ1n) is 8.75. The standard InChI is InChI=1S/C20H16N6O2/c1-12-18(20(28)26(24(12)2)13-7-4-3-5-8-13)14-11-17-21-22-19-15(25(17)23-14)9-6-10-16(19)27/h3-11,27H,1-2H3. The minimum Gasteiger partial charge on any atom is -0.506 e. The van der Waals surface area contributed by atoms with E-state index in [1.165, 1.54) is 0 Å². The first-order chi connectivity index (χ1) is 13.6. The highest BCUT2D eigenvalue weighted by Crippen LogP contribution is 2.25. The minimum atomic E-state index is -0.158. The highest BCUT2D eigenvalue weighted by molar-refractivity contribution is 5.82. The number of hydrogen-bond donors (Lipinski definition) is 1. The molecule has 0 aliphatic heterocycles. The predicted molar refractivity (Wildman–Crippen MR) is 105 cm³/mol. The van der Waals surface area contributed by atoms with Gasteiger partial charge in [0.25, 0.3) is 5.56 Å². The zero-order valence-electron chi connectivity index (χ0n) is 15.2. The molecule has 138 valence electrons. The molecule has 0 spiro atoms. The molecule has 5 rings (SSSR count). The lowest BCUT2D eigenvalue weighted by Gasteiger charge is -2.07. The van der Waals surface area contributed by atoms with E-state index in [1.807, 2.05) is 49.0 Å². The second-order valence-electron chi connectivity index (χ2n) is 6.58. The van der Waals surface area contributed by atoms with E-state index in [2.05, 4.69) is 15.3 Å². The van der Waals surface area contributed by atoms with E-state index in [0.717, 1.165) is 11.4 Å². The zero-order valence-corrected chi connectivity index (χ0v) is 15.2. The number of aromatic nitrogens is 6. The van der Waals surface area contributed by atoms with Crippen molar-refractivity contribution in [2.45, 2.75) is 6.92 Å². The fourth-order valence-corrected chi connectivity index (χ4v) is 3.50. The number of phenols is 1. The van der Waals surface area contributed by atoms with Crippen LogP contribution in [0.5, 0.6) is 5.75 Å². The van der Waals surface area contributed by atoms with E-state index in [-0.39, 0.29) is 11.3 Å². The van der Waals surface area contributed by atoms with Gasteiger partial charge in [0.1, 0.15) is 11.4 Å². The average molecular weight is 372 g/mol. The Hall–Kier alpha value is -3.94. The Bertz CT molecular complexity index is 1410. The largest absolute Gasteiger partial charge is 0.506 e. The lowest BCUT2D eigenvalue weighted by molar-refractivity contribution is 0.479. The summed E-state index contributed by atoms with van der Waals surface area (Å²) in [5, 5.41) is 22.8. The molecule has 0 aliphatic carbocycles. The van der Waals surface area contributed by atoms with Crippen LogP contribution in [0.4, 0.5) is 0 Å². The molecule has 0 fully saturated rings. The minimum absolute atomic E-state index is 0.0336. The molecule has 0 radical (unpaired) electrons. The summed E-state index contributed by atoms with van der Waals surface area (Å²) in [5.41, 5.74) is 3.91. The first kappa shape index (κ1) is 16.2. The van der Waals surface area contributed by atoms with Crippen molar-refractivity contribution < 1.29 is 5.11 Å². The van der Waals surface area contributed by atoms with Crippen molar-refractivity contribution in [1.29, 1.82) is 0 Å². The molecular weight excluding hydrogens is 356 g/mol. The molecule has 0 aliphatic rings. The van der Waals surface area contributed by atoms with Gasteiger partial charge < -0.3 is 5.11 Å². The quantitative estimate of drug-likeness (QED) is 0.514. The molecule has 0 saturated heterocycles. The van der Waals surface area contributed by atoms with Crippen molar-refractivity contribution in [3.05, 3.63) is 70.6 Å². The van der Waals surface area contributed by atoms with Gasteiger partial charge in [-0.2, -0.15) is 5.10 Å². The van der Waals surface area contributed by atoms with E-state index in [1.54, 1.807) is 33.5 Å². The van der Waals surface area contributed by atoms with Crippen LogP contribution in [0, 0.1) is 6.92 Å². The van der Waals surface area contributed by atoms with Crippen LogP contribution in [0.1, 0.15) is 5.69 Å². The molecule has 0 unspecified atom stereocenters. The highest BCUT2D eigenvalue weighted by atomic mass is 16.3. The Kier molecular flexibility index (Phi) is 3.35. The van der Waals surface area contributed by atoms with Crippen molar-refractivity contribution in [2.75, 3.05) is 0 Å². The van der Waals surface area contributed by atoms with Gasteiger partial charge in [0, 0.05) is 18.8 Å². The van der Waals surface area contributed by atoms with Crippen molar-refractivity contribution in [3.63, 3.8) is 0 Å². The van der Waals surface area contributed by atoms with Crippen LogP contribution in [-0.4, -0.2) is 34.3 Å². The third-order valence-corrected chi connectivity index (χ3v) is 4.97. The Morgan fingerprint density at radius 1 is 1.00 bits per heavy atom. The highest BCUT2D eigenvalue weighted by Gasteiger charge is 2.21. The summed E-state index contributed by atoms with van der Waals surface area (Å²) in [6.45, 7) is 1.88. The van der Waals surface area contributed by atoms with Crippen molar-refractivity contribution in [3.8, 4) is 22.7 Å². The van der Waals surface area contributed by atoms with Gasteiger partial charge >= 0.3 is 0 Å². The molecule has 0 bridgehead atoms. The molecule has 3 heterocycles. The maximum atomic E-state index is 13.2.